The maximum atomic E-state index is 11.0. The van der Waals surface area contributed by atoms with Crippen molar-refractivity contribution in [3.8, 4) is 12.3 Å². The van der Waals surface area contributed by atoms with Gasteiger partial charge in [-0.15, -0.1) is 12.3 Å². The lowest BCUT2D eigenvalue weighted by Crippen LogP contribution is -2.16. The Hall–Kier alpha value is -1.27. The van der Waals surface area contributed by atoms with Gasteiger partial charge in [-0.25, -0.2) is 0 Å². The Morgan fingerprint density at radius 3 is 2.56 bits per heavy atom. The summed E-state index contributed by atoms with van der Waals surface area (Å²) in [5.41, 5.74) is 1.02. The highest BCUT2D eigenvalue weighted by Crippen LogP contribution is 2.17. The van der Waals surface area contributed by atoms with Crippen LogP contribution in [-0.4, -0.2) is 11.1 Å². The summed E-state index contributed by atoms with van der Waals surface area (Å²) in [4.78, 5) is 11.0. The molecule has 0 radical (unpaired) electrons. The van der Waals surface area contributed by atoms with Crippen LogP contribution in [0.5, 0.6) is 0 Å². The van der Waals surface area contributed by atoms with Gasteiger partial charge in [0.05, 0.1) is 5.92 Å². The Kier molecular flexibility index (Phi) is 5.07. The van der Waals surface area contributed by atoms with Crippen LogP contribution in [0.2, 0.25) is 0 Å². The van der Waals surface area contributed by atoms with E-state index in [4.69, 9.17) is 11.5 Å². The summed E-state index contributed by atoms with van der Waals surface area (Å²) in [6.45, 7) is 0. The van der Waals surface area contributed by atoms with Gasteiger partial charge in [0.2, 0.25) is 0 Å². The van der Waals surface area contributed by atoms with Crippen molar-refractivity contribution in [3.63, 3.8) is 0 Å². The first-order valence-corrected chi connectivity index (χ1v) is 5.83. The Morgan fingerprint density at radius 1 is 1.44 bits per heavy atom. The minimum Gasteiger partial charge on any atom is -0.481 e. The molecule has 1 unspecified atom stereocenters. The summed E-state index contributed by atoms with van der Waals surface area (Å²) in [5, 5.41) is 9.04. The molecule has 0 fully saturated rings. The van der Waals surface area contributed by atoms with Crippen LogP contribution >= 0.6 is 15.9 Å². The summed E-state index contributed by atoms with van der Waals surface area (Å²) in [6.07, 6.45) is 6.71. The molecule has 0 heterocycles. The lowest BCUT2D eigenvalue weighted by molar-refractivity contribution is -0.141. The van der Waals surface area contributed by atoms with Crippen LogP contribution in [0.25, 0.3) is 0 Å². The van der Waals surface area contributed by atoms with E-state index in [1.165, 1.54) is 0 Å². The fourth-order valence-electron chi connectivity index (χ4n) is 1.48. The van der Waals surface area contributed by atoms with Crippen molar-refractivity contribution < 1.29 is 9.90 Å². The molecule has 0 aliphatic carbocycles. The highest BCUT2D eigenvalue weighted by atomic mass is 79.9. The van der Waals surface area contributed by atoms with E-state index in [1.807, 2.05) is 24.3 Å². The molecular formula is C13H13BrO2. The number of terminal acetylenes is 1. The summed E-state index contributed by atoms with van der Waals surface area (Å²) in [6, 6.07) is 7.68. The molecule has 0 aliphatic heterocycles. The minimum atomic E-state index is -0.779. The molecule has 1 N–H and O–H groups in total. The lowest BCUT2D eigenvalue weighted by atomic mass is 9.95. The molecule has 84 valence electrons. The smallest absolute Gasteiger partial charge is 0.306 e. The third kappa shape index (κ3) is 4.08. The first kappa shape index (κ1) is 12.8. The average Bonchev–Trinajstić information content (AvgIpc) is 2.26. The number of benzene rings is 1. The van der Waals surface area contributed by atoms with Gasteiger partial charge >= 0.3 is 5.97 Å². The van der Waals surface area contributed by atoms with Crippen molar-refractivity contribution in [1.29, 1.82) is 0 Å². The molecule has 0 saturated heterocycles. The maximum absolute atomic E-state index is 11.0. The van der Waals surface area contributed by atoms with E-state index in [9.17, 15) is 4.79 Å². The van der Waals surface area contributed by atoms with Gasteiger partial charge in [0.25, 0.3) is 0 Å². The number of carboxylic acids is 1. The Bertz CT molecular complexity index is 389. The number of hydrogen-bond donors (Lipinski definition) is 1. The number of rotatable bonds is 5. The zero-order valence-electron chi connectivity index (χ0n) is 8.82. The van der Waals surface area contributed by atoms with Crippen LogP contribution < -0.4 is 0 Å². The second-order valence-corrected chi connectivity index (χ2v) is 4.52. The molecule has 16 heavy (non-hydrogen) atoms. The first-order chi connectivity index (χ1) is 7.63. The molecular weight excluding hydrogens is 268 g/mol. The van der Waals surface area contributed by atoms with Crippen molar-refractivity contribution in [2.45, 2.75) is 19.3 Å². The highest BCUT2D eigenvalue weighted by Gasteiger charge is 2.16. The van der Waals surface area contributed by atoms with Crippen LogP contribution in [0.15, 0.2) is 28.7 Å². The number of hydrogen-bond acceptors (Lipinski definition) is 1. The summed E-state index contributed by atoms with van der Waals surface area (Å²) in [7, 11) is 0. The van der Waals surface area contributed by atoms with Gasteiger partial charge in [-0.05, 0) is 30.5 Å². The predicted molar refractivity (Wildman–Crippen MR) is 67.0 cm³/mol. The zero-order chi connectivity index (χ0) is 12.0. The molecule has 1 aromatic carbocycles. The fraction of sp³-hybridized carbons (Fsp3) is 0.308. The quantitative estimate of drug-likeness (QED) is 0.842. The summed E-state index contributed by atoms with van der Waals surface area (Å²) < 4.78 is 0.992. The van der Waals surface area contributed by atoms with Crippen molar-refractivity contribution >= 4 is 21.9 Å². The maximum Gasteiger partial charge on any atom is 0.306 e. The summed E-state index contributed by atoms with van der Waals surface area (Å²) in [5.74, 6) is 1.31. The molecule has 1 rings (SSSR count). The number of aliphatic carboxylic acids is 1. The molecule has 0 spiro atoms. The van der Waals surface area contributed by atoms with Gasteiger partial charge in [-0.2, -0.15) is 0 Å². The van der Waals surface area contributed by atoms with Crippen molar-refractivity contribution in [3.05, 3.63) is 34.3 Å². The average molecular weight is 281 g/mol. The van der Waals surface area contributed by atoms with Crippen molar-refractivity contribution in [1.82, 2.24) is 0 Å². The second kappa shape index (κ2) is 6.34. The molecule has 0 saturated carbocycles. The highest BCUT2D eigenvalue weighted by molar-refractivity contribution is 9.10. The largest absolute Gasteiger partial charge is 0.481 e. The van der Waals surface area contributed by atoms with Crippen LogP contribution in [0, 0.1) is 18.3 Å². The SMILES string of the molecule is C#CCCC(Cc1ccc(Br)cc1)C(=O)O. The van der Waals surface area contributed by atoms with Crippen LogP contribution in [-0.2, 0) is 11.2 Å². The van der Waals surface area contributed by atoms with Gasteiger partial charge in [0, 0.05) is 10.9 Å². The third-order valence-corrected chi connectivity index (χ3v) is 2.91. The van der Waals surface area contributed by atoms with E-state index in [1.54, 1.807) is 0 Å². The van der Waals surface area contributed by atoms with E-state index in [0.717, 1.165) is 10.0 Å². The van der Waals surface area contributed by atoms with Gasteiger partial charge < -0.3 is 5.11 Å². The topological polar surface area (TPSA) is 37.3 Å². The predicted octanol–water partition coefficient (Wildman–Crippen LogP) is 3.11. The Balaban J connectivity index is 2.64. The molecule has 0 aromatic heterocycles. The van der Waals surface area contributed by atoms with E-state index in [2.05, 4.69) is 21.9 Å². The Morgan fingerprint density at radius 2 is 2.06 bits per heavy atom. The molecule has 0 bridgehead atoms. The van der Waals surface area contributed by atoms with E-state index in [0.29, 0.717) is 19.3 Å². The fourth-order valence-corrected chi connectivity index (χ4v) is 1.74. The second-order valence-electron chi connectivity index (χ2n) is 3.61. The first-order valence-electron chi connectivity index (χ1n) is 5.04. The van der Waals surface area contributed by atoms with Gasteiger partial charge in [0.1, 0.15) is 0 Å². The number of carbonyl (C=O) groups is 1. The molecule has 3 heteroatoms. The minimum absolute atomic E-state index is 0.391. The molecule has 1 atom stereocenters. The third-order valence-electron chi connectivity index (χ3n) is 2.38. The van der Waals surface area contributed by atoms with E-state index >= 15 is 0 Å². The Labute approximate surface area is 104 Å². The number of halogens is 1. The van der Waals surface area contributed by atoms with E-state index in [-0.39, 0.29) is 0 Å². The lowest BCUT2D eigenvalue weighted by Gasteiger charge is -2.10. The van der Waals surface area contributed by atoms with E-state index < -0.39 is 11.9 Å². The van der Waals surface area contributed by atoms with Gasteiger partial charge in [-0.1, -0.05) is 28.1 Å². The normalized spacial score (nSPS) is 11.8. The molecule has 0 amide bonds. The molecule has 1 aromatic rings. The molecule has 0 aliphatic rings. The van der Waals surface area contributed by atoms with Gasteiger partial charge in [0.15, 0.2) is 0 Å². The standard InChI is InChI=1S/C13H13BrO2/c1-2-3-4-11(13(15)16)9-10-5-7-12(14)8-6-10/h1,5-8,11H,3-4,9H2,(H,15,16). The molecule has 2 nitrogen and oxygen atoms in total. The summed E-state index contributed by atoms with van der Waals surface area (Å²) >= 11 is 3.34. The monoisotopic (exact) mass is 280 g/mol. The number of carboxylic acid groups (broad SMARTS) is 1. The van der Waals surface area contributed by atoms with Crippen molar-refractivity contribution in [2.24, 2.45) is 5.92 Å². The van der Waals surface area contributed by atoms with Crippen molar-refractivity contribution in [2.75, 3.05) is 0 Å². The van der Waals surface area contributed by atoms with Gasteiger partial charge in [-0.3, -0.25) is 4.79 Å². The van der Waals surface area contributed by atoms with Crippen LogP contribution in [0.4, 0.5) is 0 Å². The van der Waals surface area contributed by atoms with Crippen LogP contribution in [0.1, 0.15) is 18.4 Å². The van der Waals surface area contributed by atoms with Crippen LogP contribution in [0.3, 0.4) is 0 Å². The zero-order valence-corrected chi connectivity index (χ0v) is 10.4.